The SMILES string of the molecule is CC.CC.CC.CC.CC.CC.CC.CC.CC.CC.CC.CC.CC(=O)C(c1ccccc1)c1ccccc1.CC(C)(c1ccccc1)c1ccccc1.c1ccc(Cc2ccccc2)cc1. The van der Waals surface area contributed by atoms with Crippen LogP contribution in [0.25, 0.3) is 0 Å². The summed E-state index contributed by atoms with van der Waals surface area (Å²) >= 11 is 0. The molecule has 0 N–H and O–H groups in total. The van der Waals surface area contributed by atoms with Gasteiger partial charge in [-0.1, -0.05) is 362 Å². The average Bonchev–Trinajstić information content (AvgIpc) is 3.47. The number of ketones is 1. The van der Waals surface area contributed by atoms with Gasteiger partial charge in [0.15, 0.2) is 0 Å². The normalized spacial score (nSPS) is 7.88. The summed E-state index contributed by atoms with van der Waals surface area (Å²) in [5, 5.41) is 0. The molecule has 0 aliphatic rings. The Balaban J connectivity index is -0.0000000898. The van der Waals surface area contributed by atoms with Crippen LogP contribution in [-0.4, -0.2) is 5.78 Å². The fraction of sp³-hybridized carbons (Fsp3) is 0.448. The van der Waals surface area contributed by atoms with E-state index in [9.17, 15) is 4.79 Å². The molecule has 0 bridgehead atoms. The number of Topliss-reactive ketones (excluding diaryl/α,β-unsaturated/α-hetero) is 1. The van der Waals surface area contributed by atoms with Crippen LogP contribution in [0.1, 0.15) is 226 Å². The first kappa shape index (κ1) is 83.0. The number of rotatable bonds is 7. The van der Waals surface area contributed by atoms with Crippen molar-refractivity contribution in [1.82, 2.24) is 0 Å². The largest absolute Gasteiger partial charge is 0.299 e. The summed E-state index contributed by atoms with van der Waals surface area (Å²) in [7, 11) is 0. The first-order chi connectivity index (χ1) is 33.4. The van der Waals surface area contributed by atoms with Crippen LogP contribution in [-0.2, 0) is 16.6 Å². The third kappa shape index (κ3) is 43.6. The summed E-state index contributed by atoms with van der Waals surface area (Å²) in [6.45, 7) is 54.2. The molecule has 0 saturated heterocycles. The van der Waals surface area contributed by atoms with Gasteiger partial charge in [0.05, 0.1) is 5.92 Å². The molecular formula is C67H114O. The minimum atomic E-state index is -0.137. The van der Waals surface area contributed by atoms with Crippen molar-refractivity contribution in [2.24, 2.45) is 0 Å². The van der Waals surface area contributed by atoms with Gasteiger partial charge < -0.3 is 0 Å². The molecule has 1 nitrogen and oxygen atoms in total. The molecule has 6 aromatic carbocycles. The molecule has 388 valence electrons. The smallest absolute Gasteiger partial charge is 0.141 e. The molecule has 6 aromatic rings. The predicted octanol–water partition coefficient (Wildman–Crippen LogP) is 23.0. The van der Waals surface area contributed by atoms with Crippen molar-refractivity contribution in [3.8, 4) is 0 Å². The Labute approximate surface area is 428 Å². The highest BCUT2D eigenvalue weighted by Crippen LogP contribution is 2.30. The van der Waals surface area contributed by atoms with Crippen molar-refractivity contribution < 1.29 is 4.79 Å². The van der Waals surface area contributed by atoms with Gasteiger partial charge in [-0.3, -0.25) is 4.79 Å². The highest BCUT2D eigenvalue weighted by Gasteiger charge is 2.22. The van der Waals surface area contributed by atoms with Crippen LogP contribution in [0.2, 0.25) is 0 Å². The molecular weight excluding hydrogens is 821 g/mol. The van der Waals surface area contributed by atoms with E-state index in [-0.39, 0.29) is 17.1 Å². The van der Waals surface area contributed by atoms with Gasteiger partial charge in [0.2, 0.25) is 0 Å². The van der Waals surface area contributed by atoms with Crippen molar-refractivity contribution in [2.45, 2.75) is 205 Å². The van der Waals surface area contributed by atoms with Crippen LogP contribution in [0.15, 0.2) is 182 Å². The van der Waals surface area contributed by atoms with Crippen molar-refractivity contribution in [3.63, 3.8) is 0 Å². The monoisotopic (exact) mass is 935 g/mol. The lowest BCUT2D eigenvalue weighted by atomic mass is 9.78. The molecule has 0 aliphatic heterocycles. The van der Waals surface area contributed by atoms with Gasteiger partial charge >= 0.3 is 0 Å². The number of benzene rings is 6. The number of carbonyl (C=O) groups is 1. The fourth-order valence-corrected chi connectivity index (χ4v) is 5.26. The molecule has 0 amide bonds. The molecule has 0 aromatic heterocycles. The molecule has 0 spiro atoms. The summed E-state index contributed by atoms with van der Waals surface area (Å²) in [6.07, 6.45) is 1.03. The van der Waals surface area contributed by atoms with E-state index >= 15 is 0 Å². The van der Waals surface area contributed by atoms with Crippen LogP contribution in [0.5, 0.6) is 0 Å². The van der Waals surface area contributed by atoms with Gasteiger partial charge in [-0.05, 0) is 46.7 Å². The molecule has 0 fully saturated rings. The Hall–Kier alpha value is -5.01. The second-order valence-electron chi connectivity index (χ2n) is 11.4. The predicted molar refractivity (Wildman–Crippen MR) is 322 cm³/mol. The first-order valence-electron chi connectivity index (χ1n) is 27.2. The Kier molecular flexibility index (Phi) is 89.8. The second kappa shape index (κ2) is 73.6. The van der Waals surface area contributed by atoms with E-state index in [4.69, 9.17) is 0 Å². The molecule has 0 aliphatic carbocycles. The number of carbonyl (C=O) groups excluding carboxylic acids is 1. The van der Waals surface area contributed by atoms with Crippen LogP contribution in [0.3, 0.4) is 0 Å². The molecule has 0 atom stereocenters. The number of hydrogen-bond acceptors (Lipinski definition) is 1. The van der Waals surface area contributed by atoms with Crippen molar-refractivity contribution in [1.29, 1.82) is 0 Å². The molecule has 0 saturated carbocycles. The van der Waals surface area contributed by atoms with Crippen LogP contribution in [0.4, 0.5) is 0 Å². The molecule has 0 unspecified atom stereocenters. The lowest BCUT2D eigenvalue weighted by molar-refractivity contribution is -0.117. The quantitative estimate of drug-likeness (QED) is 0.156. The van der Waals surface area contributed by atoms with E-state index in [2.05, 4.69) is 135 Å². The maximum atomic E-state index is 11.7. The van der Waals surface area contributed by atoms with Crippen LogP contribution >= 0.6 is 0 Å². The minimum Gasteiger partial charge on any atom is -0.299 e. The van der Waals surface area contributed by atoms with E-state index in [1.165, 1.54) is 22.3 Å². The molecule has 0 heterocycles. The lowest BCUT2D eigenvalue weighted by Crippen LogP contribution is -2.18. The zero-order valence-corrected chi connectivity index (χ0v) is 50.0. The topological polar surface area (TPSA) is 17.1 Å². The van der Waals surface area contributed by atoms with Gasteiger partial charge in [-0.15, -0.1) is 0 Å². The maximum absolute atomic E-state index is 11.7. The zero-order valence-electron chi connectivity index (χ0n) is 50.0. The van der Waals surface area contributed by atoms with Crippen LogP contribution < -0.4 is 0 Å². The van der Waals surface area contributed by atoms with Gasteiger partial charge in [-0.25, -0.2) is 0 Å². The summed E-state index contributed by atoms with van der Waals surface area (Å²) in [6, 6.07) is 62.1. The van der Waals surface area contributed by atoms with Crippen LogP contribution in [0, 0.1) is 0 Å². The maximum Gasteiger partial charge on any atom is 0.141 e. The van der Waals surface area contributed by atoms with E-state index in [1.807, 2.05) is 227 Å². The molecule has 0 radical (unpaired) electrons. The van der Waals surface area contributed by atoms with E-state index < -0.39 is 0 Å². The Morgan fingerprint density at radius 2 is 0.485 bits per heavy atom. The Bertz CT molecular complexity index is 1510. The van der Waals surface area contributed by atoms with E-state index in [0.29, 0.717) is 0 Å². The van der Waals surface area contributed by atoms with Gasteiger partial charge in [0.25, 0.3) is 0 Å². The summed E-state index contributed by atoms with van der Waals surface area (Å²) in [5.74, 6) is 0.0415. The summed E-state index contributed by atoms with van der Waals surface area (Å²) in [4.78, 5) is 11.7. The Morgan fingerprint density at radius 3 is 0.676 bits per heavy atom. The lowest BCUT2D eigenvalue weighted by Gasteiger charge is -2.25. The highest BCUT2D eigenvalue weighted by atomic mass is 16.1. The zero-order chi connectivity index (χ0) is 55.0. The van der Waals surface area contributed by atoms with E-state index in [1.54, 1.807) is 6.92 Å². The first-order valence-corrected chi connectivity index (χ1v) is 27.2. The van der Waals surface area contributed by atoms with Gasteiger partial charge in [0.1, 0.15) is 5.78 Å². The third-order valence-corrected chi connectivity index (χ3v) is 7.76. The third-order valence-electron chi connectivity index (χ3n) is 7.76. The standard InChI is InChI=1S/C15H14O.C15H16.C13H12.12C2H6/c1-12(16)15(13-8-4-2-5-9-13)14-10-6-3-7-11-14;1-15(2,13-9-5-3-6-10-13)14-11-7-4-8-12-14;1-3-7-12(8-4-1)11-13-9-5-2-6-10-13;12*1-2/h2-11,15H,1H3;3-12H,1-2H3;1-10H,11H2;12*1-2H3. The molecule has 1 heteroatoms. The van der Waals surface area contributed by atoms with Gasteiger partial charge in [0, 0.05) is 5.41 Å². The van der Waals surface area contributed by atoms with Crippen molar-refractivity contribution >= 4 is 5.78 Å². The van der Waals surface area contributed by atoms with Crippen molar-refractivity contribution in [2.75, 3.05) is 0 Å². The van der Waals surface area contributed by atoms with Crippen molar-refractivity contribution in [3.05, 3.63) is 215 Å². The minimum absolute atomic E-state index is 0.0858. The molecule has 68 heavy (non-hydrogen) atoms. The summed E-state index contributed by atoms with van der Waals surface area (Å²) < 4.78 is 0. The Morgan fingerprint density at radius 1 is 0.309 bits per heavy atom. The average molecular weight is 936 g/mol. The number of hydrogen-bond donors (Lipinski definition) is 0. The van der Waals surface area contributed by atoms with Gasteiger partial charge in [-0.2, -0.15) is 0 Å². The summed E-state index contributed by atoms with van der Waals surface area (Å²) in [5.41, 5.74) is 7.65. The van der Waals surface area contributed by atoms with E-state index in [0.717, 1.165) is 17.5 Å². The fourth-order valence-electron chi connectivity index (χ4n) is 5.26. The molecule has 6 rings (SSSR count). The second-order valence-corrected chi connectivity index (χ2v) is 11.4. The highest BCUT2D eigenvalue weighted by molar-refractivity contribution is 5.86.